The monoisotopic (exact) mass is 496 g/mol. The summed E-state index contributed by atoms with van der Waals surface area (Å²) < 4.78 is 17.1. The summed E-state index contributed by atoms with van der Waals surface area (Å²) in [6.07, 6.45) is 0.100. The molecule has 7 nitrogen and oxygen atoms in total. The second-order valence-corrected chi connectivity index (χ2v) is 7.90. The number of fused-ring (bicyclic) bond motifs is 1. The number of hydrogen-bond donors (Lipinski definition) is 2. The molecule has 2 N–H and O–H groups in total. The van der Waals surface area contributed by atoms with Gasteiger partial charge in [0, 0.05) is 16.2 Å². The molecule has 0 spiro atoms. The highest BCUT2D eigenvalue weighted by Crippen LogP contribution is 2.35. The van der Waals surface area contributed by atoms with E-state index >= 15 is 0 Å². The van der Waals surface area contributed by atoms with Crippen molar-refractivity contribution in [1.82, 2.24) is 0 Å². The van der Waals surface area contributed by atoms with E-state index in [4.69, 9.17) is 14.2 Å². The first kappa shape index (κ1) is 21.7. The van der Waals surface area contributed by atoms with Crippen molar-refractivity contribution in [3.05, 3.63) is 76.3 Å². The second-order valence-electron chi connectivity index (χ2n) is 7.04. The summed E-state index contributed by atoms with van der Waals surface area (Å²) in [5.74, 6) is 1.29. The van der Waals surface area contributed by atoms with Crippen LogP contribution in [0.1, 0.15) is 15.9 Å². The highest BCUT2D eigenvalue weighted by molar-refractivity contribution is 9.10. The van der Waals surface area contributed by atoms with E-state index in [0.29, 0.717) is 47.4 Å². The van der Waals surface area contributed by atoms with Crippen molar-refractivity contribution in [2.45, 2.75) is 6.42 Å². The van der Waals surface area contributed by atoms with Crippen molar-refractivity contribution in [3.63, 3.8) is 0 Å². The minimum absolute atomic E-state index is 0.100. The standard InChI is InChI=1S/C24H21BrN2O5/c1-30-17-6-4-5-16(13-17)26-24(29)18-7-2-3-8-20(18)27-23(28)12-15-11-21-22(14-19(15)25)32-10-9-31-21/h2-8,11,13-14H,9-10,12H2,1H3,(H,26,29)(H,27,28). The quantitative estimate of drug-likeness (QED) is 0.518. The third-order valence-electron chi connectivity index (χ3n) is 4.84. The van der Waals surface area contributed by atoms with Crippen LogP contribution in [0.25, 0.3) is 0 Å². The molecular weight excluding hydrogens is 476 g/mol. The van der Waals surface area contributed by atoms with Crippen LogP contribution in [0.3, 0.4) is 0 Å². The number of carbonyl (C=O) groups excluding carboxylic acids is 2. The van der Waals surface area contributed by atoms with Crippen molar-refractivity contribution >= 4 is 39.1 Å². The zero-order valence-corrected chi connectivity index (χ0v) is 18.9. The zero-order chi connectivity index (χ0) is 22.5. The summed E-state index contributed by atoms with van der Waals surface area (Å²) >= 11 is 3.49. The van der Waals surface area contributed by atoms with Crippen LogP contribution in [-0.4, -0.2) is 32.1 Å². The fraction of sp³-hybridized carbons (Fsp3) is 0.167. The van der Waals surface area contributed by atoms with E-state index in [9.17, 15) is 9.59 Å². The van der Waals surface area contributed by atoms with Crippen LogP contribution in [0.15, 0.2) is 65.1 Å². The Morgan fingerprint density at radius 2 is 1.72 bits per heavy atom. The molecule has 0 radical (unpaired) electrons. The number of hydrogen-bond acceptors (Lipinski definition) is 5. The van der Waals surface area contributed by atoms with E-state index in [1.165, 1.54) is 0 Å². The molecule has 1 aliphatic heterocycles. The molecule has 3 aromatic rings. The fourth-order valence-corrected chi connectivity index (χ4v) is 3.76. The summed E-state index contributed by atoms with van der Waals surface area (Å²) in [5, 5.41) is 5.67. The lowest BCUT2D eigenvalue weighted by atomic mass is 10.1. The van der Waals surface area contributed by atoms with Crippen LogP contribution in [0, 0.1) is 0 Å². The van der Waals surface area contributed by atoms with Crippen molar-refractivity contribution in [2.75, 3.05) is 31.0 Å². The third-order valence-corrected chi connectivity index (χ3v) is 5.57. The number of anilines is 2. The predicted molar refractivity (Wildman–Crippen MR) is 125 cm³/mol. The molecule has 0 atom stereocenters. The van der Waals surface area contributed by atoms with Crippen LogP contribution in [0.5, 0.6) is 17.2 Å². The average Bonchev–Trinajstić information content (AvgIpc) is 2.80. The van der Waals surface area contributed by atoms with Gasteiger partial charge in [-0.05, 0) is 42.0 Å². The lowest BCUT2D eigenvalue weighted by Crippen LogP contribution is -2.20. The SMILES string of the molecule is COc1cccc(NC(=O)c2ccccc2NC(=O)Cc2cc3c(cc2Br)OCCO3)c1. The van der Waals surface area contributed by atoms with E-state index in [1.807, 2.05) is 0 Å². The Morgan fingerprint density at radius 1 is 0.969 bits per heavy atom. The minimum atomic E-state index is -0.338. The number of halogens is 1. The first-order valence-corrected chi connectivity index (χ1v) is 10.7. The van der Waals surface area contributed by atoms with Gasteiger partial charge in [-0.3, -0.25) is 9.59 Å². The molecule has 1 heterocycles. The van der Waals surface area contributed by atoms with Gasteiger partial charge in [-0.25, -0.2) is 0 Å². The van der Waals surface area contributed by atoms with Gasteiger partial charge in [0.25, 0.3) is 5.91 Å². The Hall–Kier alpha value is -3.52. The topological polar surface area (TPSA) is 85.9 Å². The number of ether oxygens (including phenoxy) is 3. The van der Waals surface area contributed by atoms with E-state index in [-0.39, 0.29) is 18.2 Å². The maximum Gasteiger partial charge on any atom is 0.257 e. The van der Waals surface area contributed by atoms with E-state index in [2.05, 4.69) is 26.6 Å². The maximum atomic E-state index is 12.8. The number of methoxy groups -OCH3 is 1. The summed E-state index contributed by atoms with van der Waals surface area (Å²) in [6, 6.07) is 17.5. The average molecular weight is 497 g/mol. The van der Waals surface area contributed by atoms with Gasteiger partial charge < -0.3 is 24.8 Å². The molecule has 164 valence electrons. The molecule has 8 heteroatoms. The molecule has 32 heavy (non-hydrogen) atoms. The molecule has 0 saturated carbocycles. The fourth-order valence-electron chi connectivity index (χ4n) is 3.30. The van der Waals surface area contributed by atoms with E-state index < -0.39 is 0 Å². The molecule has 0 unspecified atom stereocenters. The summed E-state index contributed by atoms with van der Waals surface area (Å²) in [7, 11) is 1.56. The minimum Gasteiger partial charge on any atom is -0.497 e. The van der Waals surface area contributed by atoms with Gasteiger partial charge in [0.2, 0.25) is 5.91 Å². The Labute approximate surface area is 193 Å². The third kappa shape index (κ3) is 5.03. The lowest BCUT2D eigenvalue weighted by molar-refractivity contribution is -0.115. The molecule has 0 saturated heterocycles. The lowest BCUT2D eigenvalue weighted by Gasteiger charge is -2.20. The van der Waals surface area contributed by atoms with Crippen molar-refractivity contribution in [3.8, 4) is 17.2 Å². The molecule has 0 fully saturated rings. The molecule has 3 aromatic carbocycles. The number of benzene rings is 3. The number of para-hydroxylation sites is 1. The highest BCUT2D eigenvalue weighted by Gasteiger charge is 2.18. The first-order chi connectivity index (χ1) is 15.5. The maximum absolute atomic E-state index is 12.8. The normalized spacial score (nSPS) is 12.1. The van der Waals surface area contributed by atoms with Crippen LogP contribution >= 0.6 is 15.9 Å². The molecule has 0 aromatic heterocycles. The van der Waals surface area contributed by atoms with E-state index in [0.717, 1.165) is 10.0 Å². The van der Waals surface area contributed by atoms with E-state index in [1.54, 1.807) is 67.8 Å². The van der Waals surface area contributed by atoms with Crippen LogP contribution in [0.2, 0.25) is 0 Å². The molecule has 4 rings (SSSR count). The number of nitrogens with one attached hydrogen (secondary N) is 2. The molecular formula is C24H21BrN2O5. The van der Waals surface area contributed by atoms with Gasteiger partial charge in [0.05, 0.1) is 24.8 Å². The number of amides is 2. The molecule has 0 bridgehead atoms. The summed E-state index contributed by atoms with van der Waals surface area (Å²) in [4.78, 5) is 25.6. The second kappa shape index (κ2) is 9.74. The Morgan fingerprint density at radius 3 is 2.50 bits per heavy atom. The van der Waals surface area contributed by atoms with Gasteiger partial charge in [-0.15, -0.1) is 0 Å². The highest BCUT2D eigenvalue weighted by atomic mass is 79.9. The predicted octanol–water partition coefficient (Wildman–Crippen LogP) is 4.66. The van der Waals surface area contributed by atoms with Crippen molar-refractivity contribution in [2.24, 2.45) is 0 Å². The number of carbonyl (C=O) groups is 2. The zero-order valence-electron chi connectivity index (χ0n) is 17.3. The van der Waals surface area contributed by atoms with Crippen LogP contribution in [-0.2, 0) is 11.2 Å². The van der Waals surface area contributed by atoms with Crippen molar-refractivity contribution in [1.29, 1.82) is 0 Å². The Balaban J connectivity index is 1.48. The Kier molecular flexibility index (Phi) is 6.61. The molecule has 1 aliphatic rings. The molecule has 2 amide bonds. The van der Waals surface area contributed by atoms with Crippen LogP contribution in [0.4, 0.5) is 11.4 Å². The summed E-state index contributed by atoms with van der Waals surface area (Å²) in [6.45, 7) is 0.962. The Bertz CT molecular complexity index is 1160. The number of rotatable bonds is 6. The van der Waals surface area contributed by atoms with Gasteiger partial charge >= 0.3 is 0 Å². The van der Waals surface area contributed by atoms with Crippen molar-refractivity contribution < 1.29 is 23.8 Å². The van der Waals surface area contributed by atoms with Gasteiger partial charge in [-0.1, -0.05) is 34.1 Å². The largest absolute Gasteiger partial charge is 0.497 e. The van der Waals surface area contributed by atoms with Gasteiger partial charge in [0.1, 0.15) is 19.0 Å². The summed E-state index contributed by atoms with van der Waals surface area (Å²) in [5.41, 5.74) is 2.12. The smallest absolute Gasteiger partial charge is 0.257 e. The van der Waals surface area contributed by atoms with Gasteiger partial charge in [-0.2, -0.15) is 0 Å². The van der Waals surface area contributed by atoms with Crippen LogP contribution < -0.4 is 24.8 Å². The molecule has 0 aliphatic carbocycles. The first-order valence-electron chi connectivity index (χ1n) is 9.96. The van der Waals surface area contributed by atoms with Gasteiger partial charge in [0.15, 0.2) is 11.5 Å².